The summed E-state index contributed by atoms with van der Waals surface area (Å²) in [4.78, 5) is 0. The Bertz CT molecular complexity index is 474. The lowest BCUT2D eigenvalue weighted by Gasteiger charge is -2.54. The lowest BCUT2D eigenvalue weighted by Crippen LogP contribution is -2.46. The van der Waals surface area contributed by atoms with Gasteiger partial charge in [0.25, 0.3) is 0 Å². The third kappa shape index (κ3) is 1.93. The average Bonchev–Trinajstić information content (AvgIpc) is 2.74. The maximum Gasteiger partial charge on any atom is 0.0540 e. The van der Waals surface area contributed by atoms with Crippen LogP contribution in [0.5, 0.6) is 0 Å². The van der Waals surface area contributed by atoms with Crippen molar-refractivity contribution in [3.63, 3.8) is 0 Å². The van der Waals surface area contributed by atoms with Crippen LogP contribution >= 0.6 is 0 Å². The van der Waals surface area contributed by atoms with Gasteiger partial charge in [0.15, 0.2) is 0 Å². The van der Waals surface area contributed by atoms with Crippen LogP contribution in [0.1, 0.15) is 56.3 Å². The van der Waals surface area contributed by atoms with E-state index in [4.69, 9.17) is 5.73 Å². The molecule has 0 saturated heterocycles. The molecule has 5 rings (SSSR count). The predicted molar refractivity (Wildman–Crippen MR) is 80.1 cm³/mol. The first-order valence-corrected chi connectivity index (χ1v) is 8.39. The third-order valence-corrected chi connectivity index (χ3v) is 6.44. The van der Waals surface area contributed by atoms with Crippen molar-refractivity contribution in [1.29, 1.82) is 0 Å². The second-order valence-corrected chi connectivity index (χ2v) is 7.75. The molecule has 4 saturated carbocycles. The maximum absolute atomic E-state index is 6.02. The van der Waals surface area contributed by atoms with Crippen LogP contribution in [0.2, 0.25) is 0 Å². The molecule has 1 unspecified atom stereocenters. The standard InChI is InChI=1S/C17H27N3/c1-10(18)16-8-19-20(11(16)2)9-17-14-4-12-3-13(6-14)7-15(17)5-12/h8,10,12-15,17H,3-7,9,18H2,1-2H3. The molecule has 4 aliphatic rings. The minimum absolute atomic E-state index is 0.0993. The van der Waals surface area contributed by atoms with Crippen LogP contribution in [-0.2, 0) is 6.54 Å². The SMILES string of the molecule is Cc1c(C(C)N)cnn1CC1C2CC3CC(C2)CC1C3. The van der Waals surface area contributed by atoms with Gasteiger partial charge in [-0.1, -0.05) is 0 Å². The van der Waals surface area contributed by atoms with E-state index in [9.17, 15) is 0 Å². The molecule has 0 amide bonds. The molecule has 4 fully saturated rings. The highest BCUT2D eigenvalue weighted by Gasteiger charge is 2.48. The molecular weight excluding hydrogens is 246 g/mol. The first kappa shape index (κ1) is 12.9. The summed E-state index contributed by atoms with van der Waals surface area (Å²) in [5.74, 6) is 4.96. The van der Waals surface area contributed by atoms with Gasteiger partial charge in [-0.15, -0.1) is 0 Å². The Morgan fingerprint density at radius 2 is 1.80 bits per heavy atom. The van der Waals surface area contributed by atoms with E-state index in [1.807, 2.05) is 6.20 Å². The van der Waals surface area contributed by atoms with Crippen molar-refractivity contribution in [1.82, 2.24) is 9.78 Å². The zero-order chi connectivity index (χ0) is 13.9. The topological polar surface area (TPSA) is 43.8 Å². The quantitative estimate of drug-likeness (QED) is 0.918. The van der Waals surface area contributed by atoms with Gasteiger partial charge in [0.1, 0.15) is 0 Å². The van der Waals surface area contributed by atoms with Crippen LogP contribution in [0.4, 0.5) is 0 Å². The zero-order valence-electron chi connectivity index (χ0n) is 12.8. The lowest BCUT2D eigenvalue weighted by molar-refractivity contribution is -0.0444. The lowest BCUT2D eigenvalue weighted by atomic mass is 9.52. The Labute approximate surface area is 121 Å². The van der Waals surface area contributed by atoms with Gasteiger partial charge in [0.2, 0.25) is 0 Å². The molecule has 3 nitrogen and oxygen atoms in total. The molecule has 0 radical (unpaired) electrons. The molecule has 4 bridgehead atoms. The molecule has 1 aromatic heterocycles. The van der Waals surface area contributed by atoms with Crippen LogP contribution in [0.3, 0.4) is 0 Å². The fourth-order valence-electron chi connectivity index (χ4n) is 5.63. The van der Waals surface area contributed by atoms with Crippen LogP contribution in [0, 0.1) is 36.5 Å². The summed E-state index contributed by atoms with van der Waals surface area (Å²) in [6.45, 7) is 5.37. The smallest absolute Gasteiger partial charge is 0.0540 e. The molecule has 110 valence electrons. The summed E-state index contributed by atoms with van der Waals surface area (Å²) in [5, 5.41) is 4.63. The molecule has 0 aromatic carbocycles. The van der Waals surface area contributed by atoms with E-state index in [-0.39, 0.29) is 6.04 Å². The van der Waals surface area contributed by atoms with Gasteiger partial charge in [-0.3, -0.25) is 4.68 Å². The summed E-state index contributed by atoms with van der Waals surface area (Å²) in [6.07, 6.45) is 9.51. The van der Waals surface area contributed by atoms with Gasteiger partial charge in [0.05, 0.1) is 6.20 Å². The average molecular weight is 273 g/mol. The molecule has 0 spiro atoms. The molecule has 1 aromatic rings. The normalized spacial score (nSPS) is 40.2. The number of nitrogens with zero attached hydrogens (tertiary/aromatic N) is 2. The molecule has 4 aliphatic carbocycles. The molecule has 1 heterocycles. The van der Waals surface area contributed by atoms with Crippen LogP contribution in [-0.4, -0.2) is 9.78 Å². The van der Waals surface area contributed by atoms with Gasteiger partial charge in [-0.25, -0.2) is 0 Å². The molecular formula is C17H27N3. The van der Waals surface area contributed by atoms with E-state index in [2.05, 4.69) is 23.6 Å². The molecule has 20 heavy (non-hydrogen) atoms. The van der Waals surface area contributed by atoms with Gasteiger partial charge in [-0.05, 0) is 75.5 Å². The minimum atomic E-state index is 0.0993. The Morgan fingerprint density at radius 3 is 2.30 bits per heavy atom. The second-order valence-electron chi connectivity index (χ2n) is 7.75. The number of hydrogen-bond donors (Lipinski definition) is 1. The van der Waals surface area contributed by atoms with Crippen molar-refractivity contribution in [3.05, 3.63) is 17.5 Å². The Kier molecular flexibility index (Phi) is 2.95. The van der Waals surface area contributed by atoms with Gasteiger partial charge in [-0.2, -0.15) is 5.10 Å². The summed E-state index contributed by atoms with van der Waals surface area (Å²) >= 11 is 0. The summed E-state index contributed by atoms with van der Waals surface area (Å²) in [6, 6.07) is 0.0993. The highest BCUT2D eigenvalue weighted by atomic mass is 15.3. The largest absolute Gasteiger partial charge is 0.324 e. The van der Waals surface area contributed by atoms with Crippen LogP contribution in [0.25, 0.3) is 0 Å². The predicted octanol–water partition coefficient (Wildman–Crippen LogP) is 3.28. The Hall–Kier alpha value is -0.830. The van der Waals surface area contributed by atoms with Gasteiger partial charge in [0, 0.05) is 23.8 Å². The Balaban J connectivity index is 1.55. The van der Waals surface area contributed by atoms with E-state index in [0.717, 1.165) is 36.1 Å². The Morgan fingerprint density at radius 1 is 1.20 bits per heavy atom. The zero-order valence-corrected chi connectivity index (χ0v) is 12.8. The third-order valence-electron chi connectivity index (χ3n) is 6.44. The van der Waals surface area contributed by atoms with E-state index >= 15 is 0 Å². The molecule has 2 N–H and O–H groups in total. The summed E-state index contributed by atoms with van der Waals surface area (Å²) in [7, 11) is 0. The highest BCUT2D eigenvalue weighted by molar-refractivity contribution is 5.19. The monoisotopic (exact) mass is 273 g/mol. The molecule has 3 heteroatoms. The van der Waals surface area contributed by atoms with Gasteiger partial charge < -0.3 is 5.73 Å². The van der Waals surface area contributed by atoms with E-state index in [1.165, 1.54) is 43.4 Å². The fraction of sp³-hybridized carbons (Fsp3) is 0.824. The number of aromatic nitrogens is 2. The number of hydrogen-bond acceptors (Lipinski definition) is 2. The van der Waals surface area contributed by atoms with E-state index < -0.39 is 0 Å². The van der Waals surface area contributed by atoms with Crippen molar-refractivity contribution in [2.45, 2.75) is 58.5 Å². The van der Waals surface area contributed by atoms with Crippen molar-refractivity contribution in [2.24, 2.45) is 35.3 Å². The second kappa shape index (κ2) is 4.59. The summed E-state index contributed by atoms with van der Waals surface area (Å²) in [5.41, 5.74) is 8.53. The molecule has 0 aliphatic heterocycles. The minimum Gasteiger partial charge on any atom is -0.324 e. The fourth-order valence-corrected chi connectivity index (χ4v) is 5.63. The van der Waals surface area contributed by atoms with E-state index in [1.54, 1.807) is 0 Å². The van der Waals surface area contributed by atoms with Crippen molar-refractivity contribution in [2.75, 3.05) is 0 Å². The van der Waals surface area contributed by atoms with Crippen LogP contribution in [0.15, 0.2) is 6.20 Å². The number of rotatable bonds is 3. The van der Waals surface area contributed by atoms with Crippen molar-refractivity contribution < 1.29 is 0 Å². The van der Waals surface area contributed by atoms with E-state index in [0.29, 0.717) is 0 Å². The van der Waals surface area contributed by atoms with Crippen molar-refractivity contribution >= 4 is 0 Å². The first-order valence-electron chi connectivity index (χ1n) is 8.39. The number of nitrogens with two attached hydrogens (primary N) is 1. The maximum atomic E-state index is 6.02. The summed E-state index contributed by atoms with van der Waals surface area (Å²) < 4.78 is 2.24. The first-order chi connectivity index (χ1) is 9.61. The van der Waals surface area contributed by atoms with Gasteiger partial charge >= 0.3 is 0 Å². The van der Waals surface area contributed by atoms with Crippen molar-refractivity contribution in [3.8, 4) is 0 Å². The molecule has 1 atom stereocenters. The van der Waals surface area contributed by atoms with Crippen LogP contribution < -0.4 is 5.73 Å². The highest BCUT2D eigenvalue weighted by Crippen LogP contribution is 2.56.